The second-order valence-electron chi connectivity index (χ2n) is 0.236. The molecule has 0 saturated heterocycles. The van der Waals surface area contributed by atoms with Gasteiger partial charge in [0.25, 0.3) is 0 Å². The molecule has 0 aromatic carbocycles. The summed E-state index contributed by atoms with van der Waals surface area (Å²) in [7, 11) is 0. The van der Waals surface area contributed by atoms with Crippen molar-refractivity contribution in [2.24, 2.45) is 0 Å². The first kappa shape index (κ1) is 3.85. The minimum Gasteiger partial charge on any atom is -0.761 e. The predicted molar refractivity (Wildman–Crippen MR) is 20.2 cm³/mol. The van der Waals surface area contributed by atoms with Crippen LogP contribution in [0, 0.1) is 5.21 Å². The number of hydroxylamine groups is 1. The van der Waals surface area contributed by atoms with Gasteiger partial charge in [0, 0.05) is 0 Å². The van der Waals surface area contributed by atoms with E-state index in [9.17, 15) is 0 Å². The molecule has 0 bridgehead atoms. The Morgan fingerprint density at radius 3 is 2.25 bits per heavy atom. The average Bonchev–Trinajstić information content (AvgIpc) is 1.37. The molecule has 0 aromatic rings. The van der Waals surface area contributed by atoms with E-state index in [1.54, 1.807) is 0 Å². The summed E-state index contributed by atoms with van der Waals surface area (Å²) in [6.45, 7) is 0. The summed E-state index contributed by atoms with van der Waals surface area (Å²) in [6, 6.07) is 0. The van der Waals surface area contributed by atoms with Gasteiger partial charge in [0.2, 0.25) is 0 Å². The van der Waals surface area contributed by atoms with Crippen LogP contribution >= 0.6 is 12.2 Å². The van der Waals surface area contributed by atoms with E-state index in [4.69, 9.17) is 5.21 Å². The van der Waals surface area contributed by atoms with Crippen molar-refractivity contribution in [1.82, 2.24) is 5.48 Å². The van der Waals surface area contributed by atoms with Crippen molar-refractivity contribution in [2.45, 2.75) is 0 Å². The Kier molecular flexibility index (Phi) is 2.74. The van der Waals surface area contributed by atoms with Gasteiger partial charge in [0.1, 0.15) is 0 Å². The average molecular weight is 76.1 g/mol. The number of rotatable bonds is 1. The van der Waals surface area contributed by atoms with Crippen LogP contribution in [0.2, 0.25) is 0 Å². The van der Waals surface area contributed by atoms with Gasteiger partial charge in [0.05, 0.1) is 5.49 Å². The predicted octanol–water partition coefficient (Wildman–Crippen LogP) is 0.0310. The molecule has 0 amide bonds. The van der Waals surface area contributed by atoms with Crippen molar-refractivity contribution in [2.75, 3.05) is 0 Å². The highest BCUT2D eigenvalue weighted by atomic mass is 32.1. The van der Waals surface area contributed by atoms with E-state index < -0.39 is 0 Å². The largest absolute Gasteiger partial charge is 0.761 e. The van der Waals surface area contributed by atoms with Gasteiger partial charge in [-0.05, 0) is 0 Å². The van der Waals surface area contributed by atoms with Crippen molar-refractivity contribution in [3.8, 4) is 0 Å². The molecule has 3 heteroatoms. The van der Waals surface area contributed by atoms with Crippen molar-refractivity contribution >= 4 is 17.7 Å². The van der Waals surface area contributed by atoms with E-state index in [0.717, 1.165) is 5.49 Å². The molecule has 0 heterocycles. The molecule has 0 rings (SSSR count). The van der Waals surface area contributed by atoms with Crippen molar-refractivity contribution < 1.29 is 0 Å². The molecule has 2 nitrogen and oxygen atoms in total. The van der Waals surface area contributed by atoms with E-state index in [2.05, 4.69) is 12.2 Å². The first-order valence-corrected chi connectivity index (χ1v) is 1.20. The second kappa shape index (κ2) is 2.85. The molecule has 0 atom stereocenters. The molecule has 4 heavy (non-hydrogen) atoms. The Morgan fingerprint density at radius 1 is 2.00 bits per heavy atom. The Morgan fingerprint density at radius 2 is 2.25 bits per heavy atom. The van der Waals surface area contributed by atoms with Gasteiger partial charge in [-0.3, -0.25) is 0 Å². The lowest BCUT2D eigenvalue weighted by molar-refractivity contribution is 1.39. The normalized spacial score (nSPS) is 5.25. The van der Waals surface area contributed by atoms with Gasteiger partial charge < -0.3 is 10.7 Å². The number of hydrogen-bond acceptors (Lipinski definition) is 2. The molecule has 0 aliphatic carbocycles. The van der Waals surface area contributed by atoms with Crippen molar-refractivity contribution in [3.63, 3.8) is 0 Å². The van der Waals surface area contributed by atoms with Crippen LogP contribution in [0.1, 0.15) is 0 Å². The van der Waals surface area contributed by atoms with E-state index in [1.807, 2.05) is 0 Å². The fourth-order valence-electron chi connectivity index (χ4n) is 0. The van der Waals surface area contributed by atoms with Crippen LogP contribution in [0.5, 0.6) is 0 Å². The molecule has 0 fully saturated rings. The molecule has 0 saturated carbocycles. The van der Waals surface area contributed by atoms with Crippen molar-refractivity contribution in [1.29, 1.82) is 0 Å². The highest BCUT2D eigenvalue weighted by Crippen LogP contribution is 1.30. The lowest BCUT2D eigenvalue weighted by atomic mass is 11.5. The van der Waals surface area contributed by atoms with E-state index in [-0.39, 0.29) is 0 Å². The molecular weight excluding hydrogens is 74.1 g/mol. The maximum absolute atomic E-state index is 8.89. The van der Waals surface area contributed by atoms with E-state index in [1.165, 1.54) is 5.48 Å². The zero-order chi connectivity index (χ0) is 3.41. The summed E-state index contributed by atoms with van der Waals surface area (Å²) >= 11 is 4.00. The molecule has 0 aliphatic rings. The van der Waals surface area contributed by atoms with Gasteiger partial charge in [0.15, 0.2) is 0 Å². The standard InChI is InChI=1S/CH2NOS/c3-2-1-4/h1H,(H-,2,3,4)/q-1. The third-order valence-electron chi connectivity index (χ3n) is 0.0481. The van der Waals surface area contributed by atoms with Crippen LogP contribution in [-0.4, -0.2) is 5.49 Å². The van der Waals surface area contributed by atoms with Gasteiger partial charge in [-0.1, -0.05) is 12.2 Å². The van der Waals surface area contributed by atoms with Gasteiger partial charge in [-0.15, -0.1) is 0 Å². The monoisotopic (exact) mass is 76.0 g/mol. The smallest absolute Gasteiger partial charge is 0.0508 e. The minimum absolute atomic E-state index is 0.903. The zero-order valence-corrected chi connectivity index (χ0v) is 2.71. The third kappa shape index (κ3) is 1.85. The van der Waals surface area contributed by atoms with Crippen LogP contribution in [0.25, 0.3) is 0 Å². The summed E-state index contributed by atoms with van der Waals surface area (Å²) in [6.07, 6.45) is 0. The zero-order valence-electron chi connectivity index (χ0n) is 1.89. The Labute approximate surface area is 29.4 Å². The van der Waals surface area contributed by atoms with Crippen LogP contribution in [0.3, 0.4) is 0 Å². The van der Waals surface area contributed by atoms with Gasteiger partial charge >= 0.3 is 0 Å². The summed E-state index contributed by atoms with van der Waals surface area (Å²) in [5, 5.41) is 8.89. The van der Waals surface area contributed by atoms with Crippen LogP contribution in [0.4, 0.5) is 0 Å². The molecule has 1 N–H and O–H groups in total. The first-order valence-electron chi connectivity index (χ1n) is 0.729. The number of thiocarbonyl (C=S) groups is 1. The maximum Gasteiger partial charge on any atom is 0.0508 e. The second-order valence-corrected chi connectivity index (χ2v) is 0.471. The summed E-state index contributed by atoms with van der Waals surface area (Å²) in [5.41, 5.74) is 2.27. The van der Waals surface area contributed by atoms with E-state index >= 15 is 0 Å². The summed E-state index contributed by atoms with van der Waals surface area (Å²) < 4.78 is 0. The summed E-state index contributed by atoms with van der Waals surface area (Å²) in [5.74, 6) is 0. The maximum atomic E-state index is 8.89. The third-order valence-corrected chi connectivity index (χ3v) is 0.144. The molecule has 0 aliphatic heterocycles. The lowest BCUT2D eigenvalue weighted by Crippen LogP contribution is -1.92. The van der Waals surface area contributed by atoms with Gasteiger partial charge in [-0.25, -0.2) is 0 Å². The van der Waals surface area contributed by atoms with Crippen LogP contribution < -0.4 is 5.48 Å². The van der Waals surface area contributed by atoms with Gasteiger partial charge in [-0.2, -0.15) is 0 Å². The molecule has 0 radical (unpaired) electrons. The molecule has 24 valence electrons. The molecule has 0 spiro atoms. The summed E-state index contributed by atoms with van der Waals surface area (Å²) in [4.78, 5) is 0. The Hall–Kier alpha value is -0.150. The van der Waals surface area contributed by atoms with E-state index in [0.29, 0.717) is 0 Å². The SMILES string of the molecule is [O-]NC=S. The molecular formula is CH2NOS-. The topological polar surface area (TPSA) is 35.1 Å². The highest BCUT2D eigenvalue weighted by Gasteiger charge is 1.25. The first-order chi connectivity index (χ1) is 1.91. The van der Waals surface area contributed by atoms with Crippen molar-refractivity contribution in [3.05, 3.63) is 5.21 Å². The van der Waals surface area contributed by atoms with Crippen LogP contribution in [0.15, 0.2) is 0 Å². The molecule has 0 unspecified atom stereocenters. The molecule has 0 aromatic heterocycles. The highest BCUT2D eigenvalue weighted by molar-refractivity contribution is 7.78. The lowest BCUT2D eigenvalue weighted by Gasteiger charge is -1.91. The minimum atomic E-state index is 0.903. The Balaban J connectivity index is 2.30. The fourth-order valence-corrected chi connectivity index (χ4v) is 0. The fraction of sp³-hybridized carbons (Fsp3) is 0. The van der Waals surface area contributed by atoms with Crippen LogP contribution in [-0.2, 0) is 0 Å². The quantitative estimate of drug-likeness (QED) is 0.353. The Bertz CT molecular complexity index is 22.0. The number of nitrogens with one attached hydrogen (secondary N) is 1. The number of hydrogen-bond donors (Lipinski definition) is 1.